The number of hydrazine groups is 1. The summed E-state index contributed by atoms with van der Waals surface area (Å²) in [6.45, 7) is 3.27. The molecular formula is C14H22N4O3. The predicted octanol–water partition coefficient (Wildman–Crippen LogP) is 1.74. The fourth-order valence-corrected chi connectivity index (χ4v) is 2.72. The summed E-state index contributed by atoms with van der Waals surface area (Å²) in [5.74, 6) is 5.83. The highest BCUT2D eigenvalue weighted by Gasteiger charge is 2.18. The molecule has 1 aliphatic rings. The number of hydrogen-bond donors (Lipinski definition) is 2. The molecule has 0 amide bonds. The van der Waals surface area contributed by atoms with Gasteiger partial charge in [-0.05, 0) is 37.4 Å². The van der Waals surface area contributed by atoms with Crippen molar-refractivity contribution in [3.05, 3.63) is 33.9 Å². The summed E-state index contributed by atoms with van der Waals surface area (Å²) in [7, 11) is 2.02. The van der Waals surface area contributed by atoms with Gasteiger partial charge in [0.05, 0.1) is 11.5 Å². The van der Waals surface area contributed by atoms with E-state index in [1.165, 1.54) is 6.42 Å². The van der Waals surface area contributed by atoms with E-state index < -0.39 is 4.92 Å². The Labute approximate surface area is 124 Å². The smallest absolute Gasteiger partial charge is 0.293 e. The number of nitrogens with two attached hydrogens (primary N) is 1. The van der Waals surface area contributed by atoms with E-state index >= 15 is 0 Å². The van der Waals surface area contributed by atoms with Crippen LogP contribution in [0.4, 0.5) is 11.4 Å². The molecule has 0 spiro atoms. The van der Waals surface area contributed by atoms with E-state index in [4.69, 9.17) is 10.6 Å². The molecule has 7 nitrogen and oxygen atoms in total. The maximum Gasteiger partial charge on any atom is 0.293 e. The van der Waals surface area contributed by atoms with Gasteiger partial charge in [-0.25, -0.2) is 0 Å². The first-order valence-corrected chi connectivity index (χ1v) is 7.10. The Morgan fingerprint density at radius 3 is 3.00 bits per heavy atom. The van der Waals surface area contributed by atoms with E-state index in [0.717, 1.165) is 31.7 Å². The minimum absolute atomic E-state index is 0.00407. The van der Waals surface area contributed by atoms with Gasteiger partial charge in [-0.1, -0.05) is 6.07 Å². The molecular weight excluding hydrogens is 272 g/mol. The number of hydrogen-bond acceptors (Lipinski definition) is 6. The summed E-state index contributed by atoms with van der Waals surface area (Å²) in [5, 5.41) is 11.0. The van der Waals surface area contributed by atoms with Crippen LogP contribution in [-0.2, 0) is 11.3 Å². The van der Waals surface area contributed by atoms with Crippen LogP contribution < -0.4 is 11.3 Å². The van der Waals surface area contributed by atoms with Crippen molar-refractivity contribution in [1.29, 1.82) is 0 Å². The van der Waals surface area contributed by atoms with E-state index in [1.54, 1.807) is 12.1 Å². The van der Waals surface area contributed by atoms with Crippen LogP contribution in [0.5, 0.6) is 0 Å². The van der Waals surface area contributed by atoms with Crippen molar-refractivity contribution < 1.29 is 9.66 Å². The molecule has 0 bridgehead atoms. The van der Waals surface area contributed by atoms with Crippen molar-refractivity contribution >= 4 is 11.4 Å². The summed E-state index contributed by atoms with van der Waals surface area (Å²) in [4.78, 5) is 12.8. The zero-order chi connectivity index (χ0) is 15.2. The number of benzene rings is 1. The number of nitro benzene ring substituents is 1. The molecule has 1 fully saturated rings. The Hall–Kier alpha value is -1.70. The maximum absolute atomic E-state index is 11.0. The van der Waals surface area contributed by atoms with Crippen LogP contribution in [0.1, 0.15) is 18.4 Å². The largest absolute Gasteiger partial charge is 0.381 e. The van der Waals surface area contributed by atoms with Crippen LogP contribution in [0, 0.1) is 16.0 Å². The summed E-state index contributed by atoms with van der Waals surface area (Å²) in [6.07, 6.45) is 2.29. The van der Waals surface area contributed by atoms with Crippen molar-refractivity contribution in [2.75, 3.05) is 32.2 Å². The molecule has 0 aliphatic carbocycles. The van der Waals surface area contributed by atoms with E-state index in [2.05, 4.69) is 10.3 Å². The third kappa shape index (κ3) is 4.38. The van der Waals surface area contributed by atoms with Gasteiger partial charge in [0.1, 0.15) is 5.69 Å². The van der Waals surface area contributed by atoms with Gasteiger partial charge in [0, 0.05) is 25.8 Å². The maximum atomic E-state index is 11.0. The molecule has 116 valence electrons. The lowest BCUT2D eigenvalue weighted by atomic mass is 10.0. The number of rotatable bonds is 6. The lowest BCUT2D eigenvalue weighted by Gasteiger charge is -2.27. The van der Waals surface area contributed by atoms with Crippen LogP contribution in [0.15, 0.2) is 18.2 Å². The van der Waals surface area contributed by atoms with Crippen molar-refractivity contribution in [3.8, 4) is 0 Å². The molecule has 21 heavy (non-hydrogen) atoms. The minimum atomic E-state index is -0.423. The van der Waals surface area contributed by atoms with Gasteiger partial charge in [0.2, 0.25) is 0 Å². The standard InChI is InChI=1S/C14H22N4O3/c1-17(9-12-3-2-6-21-10-12)8-11-4-5-13(16-15)14(7-11)18(19)20/h4-5,7,12,16H,2-3,6,8-10,15H2,1H3. The Bertz CT molecular complexity index is 489. The summed E-state index contributed by atoms with van der Waals surface area (Å²) >= 11 is 0. The van der Waals surface area contributed by atoms with Crippen molar-refractivity contribution in [2.24, 2.45) is 11.8 Å². The fraction of sp³-hybridized carbons (Fsp3) is 0.571. The van der Waals surface area contributed by atoms with Crippen LogP contribution in [0.25, 0.3) is 0 Å². The molecule has 1 aromatic carbocycles. The van der Waals surface area contributed by atoms with Crippen molar-refractivity contribution in [1.82, 2.24) is 4.90 Å². The Morgan fingerprint density at radius 2 is 2.38 bits per heavy atom. The van der Waals surface area contributed by atoms with Gasteiger partial charge in [-0.2, -0.15) is 0 Å². The van der Waals surface area contributed by atoms with Crippen LogP contribution in [0.3, 0.4) is 0 Å². The fourth-order valence-electron chi connectivity index (χ4n) is 2.72. The second-order valence-corrected chi connectivity index (χ2v) is 5.53. The lowest BCUT2D eigenvalue weighted by Crippen LogP contribution is -2.30. The normalized spacial score (nSPS) is 18.7. The second kappa shape index (κ2) is 7.35. The second-order valence-electron chi connectivity index (χ2n) is 5.53. The molecule has 1 saturated heterocycles. The topological polar surface area (TPSA) is 93.7 Å². The summed E-state index contributed by atoms with van der Waals surface area (Å²) in [6, 6.07) is 5.07. The lowest BCUT2D eigenvalue weighted by molar-refractivity contribution is -0.384. The molecule has 2 rings (SSSR count). The highest BCUT2D eigenvalue weighted by Crippen LogP contribution is 2.25. The summed E-state index contributed by atoms with van der Waals surface area (Å²) < 4.78 is 5.48. The van der Waals surface area contributed by atoms with E-state index in [0.29, 0.717) is 18.2 Å². The number of nitrogens with one attached hydrogen (secondary N) is 1. The van der Waals surface area contributed by atoms with Crippen molar-refractivity contribution in [3.63, 3.8) is 0 Å². The third-order valence-electron chi connectivity index (χ3n) is 3.69. The zero-order valence-corrected chi connectivity index (χ0v) is 12.2. The number of nitrogen functional groups attached to an aromatic ring is 1. The Balaban J connectivity index is 1.98. The zero-order valence-electron chi connectivity index (χ0n) is 12.2. The number of nitrogens with zero attached hydrogens (tertiary/aromatic N) is 2. The minimum Gasteiger partial charge on any atom is -0.381 e. The Morgan fingerprint density at radius 1 is 1.57 bits per heavy atom. The summed E-state index contributed by atoms with van der Waals surface area (Å²) in [5.41, 5.74) is 3.58. The van der Waals surface area contributed by atoms with Crippen molar-refractivity contribution in [2.45, 2.75) is 19.4 Å². The molecule has 1 heterocycles. The van der Waals surface area contributed by atoms with Gasteiger partial charge in [0.15, 0.2) is 0 Å². The molecule has 3 N–H and O–H groups in total. The number of nitro groups is 1. The monoisotopic (exact) mass is 294 g/mol. The van der Waals surface area contributed by atoms with Gasteiger partial charge < -0.3 is 15.1 Å². The van der Waals surface area contributed by atoms with E-state index in [9.17, 15) is 10.1 Å². The van der Waals surface area contributed by atoms with Crippen LogP contribution in [0.2, 0.25) is 0 Å². The first kappa shape index (κ1) is 15.7. The first-order valence-electron chi connectivity index (χ1n) is 7.10. The average molecular weight is 294 g/mol. The van der Waals surface area contributed by atoms with Crippen LogP contribution >= 0.6 is 0 Å². The average Bonchev–Trinajstić information content (AvgIpc) is 2.48. The Kier molecular flexibility index (Phi) is 5.49. The molecule has 1 aromatic rings. The van der Waals surface area contributed by atoms with Gasteiger partial charge >= 0.3 is 0 Å². The van der Waals surface area contributed by atoms with Gasteiger partial charge in [0.25, 0.3) is 5.69 Å². The first-order chi connectivity index (χ1) is 10.1. The third-order valence-corrected chi connectivity index (χ3v) is 3.69. The molecule has 0 radical (unpaired) electrons. The highest BCUT2D eigenvalue weighted by atomic mass is 16.6. The van der Waals surface area contributed by atoms with E-state index in [1.807, 2.05) is 13.1 Å². The van der Waals surface area contributed by atoms with Gasteiger partial charge in [-0.3, -0.25) is 16.0 Å². The quantitative estimate of drug-likeness (QED) is 0.471. The number of anilines is 1. The highest BCUT2D eigenvalue weighted by molar-refractivity contribution is 5.61. The molecule has 1 unspecified atom stereocenters. The molecule has 0 saturated carbocycles. The molecule has 1 aliphatic heterocycles. The molecule has 1 atom stereocenters. The number of ether oxygens (including phenoxy) is 1. The van der Waals surface area contributed by atoms with E-state index in [-0.39, 0.29) is 5.69 Å². The molecule has 7 heteroatoms. The van der Waals surface area contributed by atoms with Crippen LogP contribution in [-0.4, -0.2) is 36.6 Å². The molecule has 0 aromatic heterocycles. The van der Waals surface area contributed by atoms with Gasteiger partial charge in [-0.15, -0.1) is 0 Å². The SMILES string of the molecule is CN(Cc1ccc(NN)c([N+](=O)[O-])c1)CC1CCCOC1. The predicted molar refractivity (Wildman–Crippen MR) is 80.8 cm³/mol.